The Hall–Kier alpha value is -3.37. The molecule has 5 heteroatoms. The number of benzene rings is 3. The summed E-state index contributed by atoms with van der Waals surface area (Å²) in [5.74, 6) is 0.793. The van der Waals surface area contributed by atoms with Crippen LogP contribution >= 0.6 is 11.6 Å². The number of nitrogens with zero attached hydrogens (tertiary/aromatic N) is 3. The molecule has 142 valence electrons. The summed E-state index contributed by atoms with van der Waals surface area (Å²) in [7, 11) is 0. The highest BCUT2D eigenvalue weighted by atomic mass is 35.5. The van der Waals surface area contributed by atoms with Crippen molar-refractivity contribution in [3.05, 3.63) is 119 Å². The maximum Gasteiger partial charge on any atom is 0.159 e. The third-order valence-corrected chi connectivity index (χ3v) is 5.72. The lowest BCUT2D eigenvalue weighted by molar-refractivity contribution is 0.578. The van der Waals surface area contributed by atoms with Crippen molar-refractivity contribution in [2.45, 2.75) is 5.54 Å². The summed E-state index contributed by atoms with van der Waals surface area (Å²) < 4.78 is 0. The molecule has 2 heterocycles. The molecule has 0 atom stereocenters. The summed E-state index contributed by atoms with van der Waals surface area (Å²) in [5, 5.41) is 3.83. The molecule has 0 bridgehead atoms. The van der Waals surface area contributed by atoms with Gasteiger partial charge in [-0.3, -0.25) is 0 Å². The smallest absolute Gasteiger partial charge is 0.159 e. The van der Waals surface area contributed by atoms with E-state index in [2.05, 4.69) is 93.0 Å². The van der Waals surface area contributed by atoms with Crippen LogP contribution < -0.4 is 10.2 Å². The first kappa shape index (κ1) is 17.7. The van der Waals surface area contributed by atoms with Crippen LogP contribution in [0.3, 0.4) is 0 Å². The van der Waals surface area contributed by atoms with E-state index in [4.69, 9.17) is 11.6 Å². The molecule has 0 fully saturated rings. The molecular formula is C24H19ClN4. The molecule has 3 aromatic carbocycles. The second kappa shape index (κ2) is 7.22. The van der Waals surface area contributed by atoms with Gasteiger partial charge in [-0.15, -0.1) is 0 Å². The first-order valence-corrected chi connectivity index (χ1v) is 9.88. The molecule has 0 radical (unpaired) electrons. The topological polar surface area (TPSA) is 41.1 Å². The predicted octanol–water partition coefficient (Wildman–Crippen LogP) is 5.31. The van der Waals surface area contributed by atoms with Crippen molar-refractivity contribution in [1.29, 1.82) is 0 Å². The number of anilines is 2. The van der Waals surface area contributed by atoms with Gasteiger partial charge in [0, 0.05) is 0 Å². The minimum absolute atomic E-state index is 0.431. The number of hydrogen-bond donors (Lipinski definition) is 1. The molecular weight excluding hydrogens is 380 g/mol. The normalized spacial score (nSPS) is 13.1. The van der Waals surface area contributed by atoms with Gasteiger partial charge in [0.1, 0.15) is 17.6 Å². The van der Waals surface area contributed by atoms with Crippen LogP contribution in [0.1, 0.15) is 16.7 Å². The van der Waals surface area contributed by atoms with Crippen LogP contribution in [0, 0.1) is 0 Å². The van der Waals surface area contributed by atoms with Crippen LogP contribution in [0.2, 0.25) is 5.15 Å². The Labute approximate surface area is 174 Å². The SMILES string of the molecule is Clc1ncnc2c1NCN2C(c1ccccc1)(c1ccccc1)c1ccccc1. The van der Waals surface area contributed by atoms with Gasteiger partial charge in [0.25, 0.3) is 0 Å². The summed E-state index contributed by atoms with van der Waals surface area (Å²) >= 11 is 6.38. The van der Waals surface area contributed by atoms with Crippen LogP contribution in [0.25, 0.3) is 0 Å². The van der Waals surface area contributed by atoms with Gasteiger partial charge < -0.3 is 10.2 Å². The van der Waals surface area contributed by atoms with Gasteiger partial charge in [-0.2, -0.15) is 0 Å². The molecule has 1 aromatic heterocycles. The van der Waals surface area contributed by atoms with Crippen molar-refractivity contribution in [2.75, 3.05) is 16.9 Å². The van der Waals surface area contributed by atoms with Crippen molar-refractivity contribution >= 4 is 23.1 Å². The Morgan fingerprint density at radius 1 is 0.724 bits per heavy atom. The highest BCUT2D eigenvalue weighted by molar-refractivity contribution is 6.32. The Morgan fingerprint density at radius 2 is 1.21 bits per heavy atom. The van der Waals surface area contributed by atoms with E-state index in [1.807, 2.05) is 18.2 Å². The molecule has 29 heavy (non-hydrogen) atoms. The molecule has 0 unspecified atom stereocenters. The molecule has 0 saturated carbocycles. The van der Waals surface area contributed by atoms with E-state index < -0.39 is 5.54 Å². The lowest BCUT2D eigenvalue weighted by Crippen LogP contribution is -2.48. The van der Waals surface area contributed by atoms with Crippen molar-refractivity contribution in [3.63, 3.8) is 0 Å². The first-order valence-electron chi connectivity index (χ1n) is 9.50. The number of aromatic nitrogens is 2. The molecule has 4 nitrogen and oxygen atoms in total. The summed E-state index contributed by atoms with van der Waals surface area (Å²) in [6.07, 6.45) is 1.52. The third-order valence-electron chi connectivity index (χ3n) is 5.43. The number of halogens is 1. The largest absolute Gasteiger partial charge is 0.362 e. The molecule has 1 aliphatic rings. The molecule has 0 saturated heterocycles. The monoisotopic (exact) mass is 398 g/mol. The number of hydrogen-bond acceptors (Lipinski definition) is 4. The Balaban J connectivity index is 1.87. The van der Waals surface area contributed by atoms with Gasteiger partial charge in [-0.25, -0.2) is 9.97 Å². The van der Waals surface area contributed by atoms with Crippen LogP contribution in [0.15, 0.2) is 97.3 Å². The minimum Gasteiger partial charge on any atom is -0.362 e. The zero-order valence-electron chi connectivity index (χ0n) is 15.7. The van der Waals surface area contributed by atoms with E-state index in [0.29, 0.717) is 11.8 Å². The fraction of sp³-hybridized carbons (Fsp3) is 0.0833. The number of nitrogens with one attached hydrogen (secondary N) is 1. The van der Waals surface area contributed by atoms with Gasteiger partial charge in [-0.05, 0) is 16.7 Å². The van der Waals surface area contributed by atoms with Gasteiger partial charge >= 0.3 is 0 Å². The first-order chi connectivity index (χ1) is 14.3. The highest BCUT2D eigenvalue weighted by Crippen LogP contribution is 2.48. The standard InChI is InChI=1S/C24H19ClN4/c25-22-21-23(27-16-26-22)29(17-28-21)24(18-10-4-1-5-11-18,19-12-6-2-7-13-19)20-14-8-3-9-15-20/h1-16,28H,17H2. The van der Waals surface area contributed by atoms with Crippen LogP contribution in [0.4, 0.5) is 11.5 Å². The third kappa shape index (κ3) is 2.76. The van der Waals surface area contributed by atoms with Gasteiger partial charge in [0.05, 0.1) is 6.67 Å². The van der Waals surface area contributed by atoms with E-state index in [9.17, 15) is 0 Å². The van der Waals surface area contributed by atoms with Gasteiger partial charge in [0.2, 0.25) is 0 Å². The van der Waals surface area contributed by atoms with Crippen LogP contribution in [-0.4, -0.2) is 16.6 Å². The van der Waals surface area contributed by atoms with Crippen molar-refractivity contribution < 1.29 is 0 Å². The molecule has 1 aliphatic heterocycles. The Morgan fingerprint density at radius 3 is 1.69 bits per heavy atom. The molecule has 0 spiro atoms. The lowest BCUT2D eigenvalue weighted by Gasteiger charge is -2.44. The average Bonchev–Trinajstić information content (AvgIpc) is 3.23. The van der Waals surface area contributed by atoms with Crippen LogP contribution in [0.5, 0.6) is 0 Å². The quantitative estimate of drug-likeness (QED) is 0.373. The molecule has 1 N–H and O–H groups in total. The van der Waals surface area contributed by atoms with E-state index in [0.717, 1.165) is 28.2 Å². The Bertz CT molecular complexity index is 1020. The summed E-state index contributed by atoms with van der Waals surface area (Å²) in [6.45, 7) is 0.562. The summed E-state index contributed by atoms with van der Waals surface area (Å²) in [4.78, 5) is 11.0. The van der Waals surface area contributed by atoms with E-state index in [1.165, 1.54) is 6.33 Å². The average molecular weight is 399 g/mol. The maximum atomic E-state index is 6.38. The van der Waals surface area contributed by atoms with Gasteiger partial charge in [0.15, 0.2) is 11.0 Å². The van der Waals surface area contributed by atoms with Crippen molar-refractivity contribution in [3.8, 4) is 0 Å². The zero-order valence-corrected chi connectivity index (χ0v) is 16.4. The predicted molar refractivity (Wildman–Crippen MR) is 117 cm³/mol. The van der Waals surface area contributed by atoms with Crippen LogP contribution in [-0.2, 0) is 5.54 Å². The summed E-state index contributed by atoms with van der Waals surface area (Å²) in [6, 6.07) is 31.6. The molecule has 4 aromatic rings. The van der Waals surface area contributed by atoms with E-state index in [1.54, 1.807) is 0 Å². The zero-order chi connectivity index (χ0) is 19.7. The Kier molecular flexibility index (Phi) is 4.41. The van der Waals surface area contributed by atoms with Crippen molar-refractivity contribution in [2.24, 2.45) is 0 Å². The highest BCUT2D eigenvalue weighted by Gasteiger charge is 2.46. The molecule has 0 amide bonds. The number of fused-ring (bicyclic) bond motifs is 1. The van der Waals surface area contributed by atoms with E-state index >= 15 is 0 Å². The summed E-state index contributed by atoms with van der Waals surface area (Å²) in [5.41, 5.74) is 3.64. The fourth-order valence-corrected chi connectivity index (χ4v) is 4.42. The van der Waals surface area contributed by atoms with Gasteiger partial charge in [-0.1, -0.05) is 103 Å². The number of rotatable bonds is 4. The fourth-order valence-electron chi connectivity index (χ4n) is 4.23. The molecule has 0 aliphatic carbocycles. The maximum absolute atomic E-state index is 6.38. The van der Waals surface area contributed by atoms with E-state index in [-0.39, 0.29) is 0 Å². The van der Waals surface area contributed by atoms with Crippen molar-refractivity contribution in [1.82, 2.24) is 9.97 Å². The second-order valence-electron chi connectivity index (χ2n) is 6.93. The lowest BCUT2D eigenvalue weighted by atomic mass is 9.75. The second-order valence-corrected chi connectivity index (χ2v) is 7.29. The molecule has 5 rings (SSSR count). The minimum atomic E-state index is -0.584.